The van der Waals surface area contributed by atoms with E-state index in [2.05, 4.69) is 22.2 Å². The molecule has 0 aromatic carbocycles. The third-order valence-corrected chi connectivity index (χ3v) is 4.78. The number of nitrogens with one attached hydrogen (secondary N) is 2. The van der Waals surface area contributed by atoms with E-state index in [-0.39, 0.29) is 29.1 Å². The van der Waals surface area contributed by atoms with Crippen LogP contribution in [0.5, 0.6) is 0 Å². The Morgan fingerprint density at radius 2 is 2.30 bits per heavy atom. The molecule has 1 amide bonds. The van der Waals surface area contributed by atoms with E-state index in [0.29, 0.717) is 13.0 Å². The normalized spacial score (nSPS) is 20.3. The molecule has 7 heteroatoms. The summed E-state index contributed by atoms with van der Waals surface area (Å²) in [7, 11) is -2.99. The van der Waals surface area contributed by atoms with E-state index < -0.39 is 9.84 Å². The minimum absolute atomic E-state index is 0.0116. The number of carbonyl (C=O) groups is 1. The van der Waals surface area contributed by atoms with Crippen LogP contribution in [-0.4, -0.2) is 43.4 Å². The monoisotopic (exact) mass is 295 g/mol. The first-order valence-corrected chi connectivity index (χ1v) is 8.14. The van der Waals surface area contributed by atoms with Crippen LogP contribution in [-0.2, 0) is 9.84 Å². The molecule has 1 fully saturated rings. The number of amides is 1. The van der Waals surface area contributed by atoms with Crippen LogP contribution in [0.25, 0.3) is 0 Å². The number of hydrogen-bond donors (Lipinski definition) is 2. The first kappa shape index (κ1) is 14.5. The van der Waals surface area contributed by atoms with Crippen LogP contribution in [0.2, 0.25) is 0 Å². The van der Waals surface area contributed by atoms with Gasteiger partial charge in [-0.25, -0.2) is 13.4 Å². The highest BCUT2D eigenvalue weighted by atomic mass is 32.2. The minimum Gasteiger partial charge on any atom is -0.380 e. The second-order valence-electron chi connectivity index (χ2n) is 4.68. The van der Waals surface area contributed by atoms with Crippen molar-refractivity contribution in [2.75, 3.05) is 23.4 Å². The van der Waals surface area contributed by atoms with Crippen LogP contribution in [0.15, 0.2) is 31.0 Å². The molecule has 108 valence electrons. The summed E-state index contributed by atoms with van der Waals surface area (Å²) in [5, 5.41) is 5.75. The van der Waals surface area contributed by atoms with Gasteiger partial charge in [-0.05, 0) is 18.6 Å². The summed E-state index contributed by atoms with van der Waals surface area (Å²) in [6.07, 6.45) is 3.75. The first-order chi connectivity index (χ1) is 9.50. The van der Waals surface area contributed by atoms with Crippen molar-refractivity contribution in [1.82, 2.24) is 10.3 Å². The maximum Gasteiger partial charge on any atom is 0.270 e. The Hall–Kier alpha value is -1.89. The number of anilines is 1. The molecule has 0 radical (unpaired) electrons. The molecular formula is C13H17N3O3S. The van der Waals surface area contributed by atoms with E-state index in [4.69, 9.17) is 0 Å². The maximum absolute atomic E-state index is 11.9. The Morgan fingerprint density at radius 3 is 2.85 bits per heavy atom. The highest BCUT2D eigenvalue weighted by molar-refractivity contribution is 7.91. The fraction of sp³-hybridized carbons (Fsp3) is 0.385. The van der Waals surface area contributed by atoms with Gasteiger partial charge in [0.05, 0.1) is 23.4 Å². The SMILES string of the molecule is C=CCNc1ccc(C(=O)NC2CCS(=O)(=O)C2)nc1. The van der Waals surface area contributed by atoms with Gasteiger partial charge in [0.15, 0.2) is 9.84 Å². The molecule has 0 saturated carbocycles. The average Bonchev–Trinajstić information content (AvgIpc) is 2.76. The molecular weight excluding hydrogens is 278 g/mol. The van der Waals surface area contributed by atoms with Crippen molar-refractivity contribution >= 4 is 21.4 Å². The Balaban J connectivity index is 1.94. The van der Waals surface area contributed by atoms with Crippen molar-refractivity contribution in [2.24, 2.45) is 0 Å². The summed E-state index contributed by atoms with van der Waals surface area (Å²) in [5.41, 5.74) is 1.07. The van der Waals surface area contributed by atoms with Crippen LogP contribution in [0.1, 0.15) is 16.9 Å². The smallest absolute Gasteiger partial charge is 0.270 e. The van der Waals surface area contributed by atoms with E-state index in [1.165, 1.54) is 0 Å². The molecule has 2 heterocycles. The second kappa shape index (κ2) is 6.04. The third kappa shape index (κ3) is 3.80. The van der Waals surface area contributed by atoms with Gasteiger partial charge in [0.25, 0.3) is 5.91 Å². The predicted octanol–water partition coefficient (Wildman–Crippen LogP) is 0.596. The van der Waals surface area contributed by atoms with Gasteiger partial charge in [-0.1, -0.05) is 6.08 Å². The van der Waals surface area contributed by atoms with Gasteiger partial charge in [-0.3, -0.25) is 4.79 Å². The Morgan fingerprint density at radius 1 is 1.50 bits per heavy atom. The van der Waals surface area contributed by atoms with Crippen molar-refractivity contribution in [3.8, 4) is 0 Å². The number of rotatable bonds is 5. The summed E-state index contributed by atoms with van der Waals surface area (Å²) >= 11 is 0. The zero-order valence-electron chi connectivity index (χ0n) is 11.0. The molecule has 1 saturated heterocycles. The molecule has 0 bridgehead atoms. The largest absolute Gasteiger partial charge is 0.380 e. The molecule has 0 aliphatic carbocycles. The van der Waals surface area contributed by atoms with Gasteiger partial charge in [0.1, 0.15) is 5.69 Å². The van der Waals surface area contributed by atoms with Crippen molar-refractivity contribution in [3.63, 3.8) is 0 Å². The van der Waals surface area contributed by atoms with E-state index in [0.717, 1.165) is 5.69 Å². The van der Waals surface area contributed by atoms with Gasteiger partial charge >= 0.3 is 0 Å². The lowest BCUT2D eigenvalue weighted by Gasteiger charge is -2.10. The lowest BCUT2D eigenvalue weighted by Crippen LogP contribution is -2.36. The number of pyridine rings is 1. The van der Waals surface area contributed by atoms with Gasteiger partial charge < -0.3 is 10.6 Å². The van der Waals surface area contributed by atoms with Crippen LogP contribution in [0.4, 0.5) is 5.69 Å². The molecule has 20 heavy (non-hydrogen) atoms. The summed E-state index contributed by atoms with van der Waals surface area (Å²) in [4.78, 5) is 16.0. The quantitative estimate of drug-likeness (QED) is 0.777. The Bertz CT molecular complexity index is 596. The molecule has 1 aromatic heterocycles. The molecule has 1 aliphatic rings. The Labute approximate surface area is 118 Å². The average molecular weight is 295 g/mol. The van der Waals surface area contributed by atoms with E-state index >= 15 is 0 Å². The van der Waals surface area contributed by atoms with Crippen molar-refractivity contribution < 1.29 is 13.2 Å². The van der Waals surface area contributed by atoms with Crippen molar-refractivity contribution in [2.45, 2.75) is 12.5 Å². The van der Waals surface area contributed by atoms with Crippen LogP contribution >= 0.6 is 0 Å². The molecule has 1 atom stereocenters. The topological polar surface area (TPSA) is 88.2 Å². The Kier molecular flexibility index (Phi) is 4.39. The fourth-order valence-electron chi connectivity index (χ4n) is 1.99. The highest BCUT2D eigenvalue weighted by Gasteiger charge is 2.29. The number of aromatic nitrogens is 1. The van der Waals surface area contributed by atoms with Gasteiger partial charge in [-0.15, -0.1) is 6.58 Å². The number of hydrogen-bond acceptors (Lipinski definition) is 5. The highest BCUT2D eigenvalue weighted by Crippen LogP contribution is 2.12. The summed E-state index contributed by atoms with van der Waals surface area (Å²) < 4.78 is 22.6. The zero-order chi connectivity index (χ0) is 14.6. The van der Waals surface area contributed by atoms with Crippen molar-refractivity contribution in [3.05, 3.63) is 36.7 Å². The number of nitrogens with zero attached hydrogens (tertiary/aromatic N) is 1. The number of carbonyl (C=O) groups excluding carboxylic acids is 1. The van der Waals surface area contributed by atoms with Crippen LogP contribution < -0.4 is 10.6 Å². The minimum atomic E-state index is -2.99. The van der Waals surface area contributed by atoms with E-state index in [1.807, 2.05) is 0 Å². The van der Waals surface area contributed by atoms with E-state index in [1.54, 1.807) is 24.4 Å². The summed E-state index contributed by atoms with van der Waals surface area (Å²) in [6, 6.07) is 3.04. The molecule has 2 N–H and O–H groups in total. The van der Waals surface area contributed by atoms with Gasteiger partial charge in [0, 0.05) is 12.6 Å². The lowest BCUT2D eigenvalue weighted by molar-refractivity contribution is 0.0936. The molecule has 1 aromatic rings. The molecule has 1 aliphatic heterocycles. The maximum atomic E-state index is 11.9. The first-order valence-electron chi connectivity index (χ1n) is 6.32. The second-order valence-corrected chi connectivity index (χ2v) is 6.90. The standard InChI is InChI=1S/C13H17N3O3S/c1-2-6-14-10-3-4-12(15-8-10)13(17)16-11-5-7-20(18,19)9-11/h2-4,8,11,14H,1,5-7,9H2,(H,16,17). The fourth-order valence-corrected chi connectivity index (χ4v) is 3.66. The molecule has 2 rings (SSSR count). The predicted molar refractivity (Wildman–Crippen MR) is 77.4 cm³/mol. The van der Waals surface area contributed by atoms with Crippen LogP contribution in [0, 0.1) is 0 Å². The zero-order valence-corrected chi connectivity index (χ0v) is 11.8. The van der Waals surface area contributed by atoms with Gasteiger partial charge in [-0.2, -0.15) is 0 Å². The summed E-state index contributed by atoms with van der Waals surface area (Å²) in [5.74, 6) is -0.199. The summed E-state index contributed by atoms with van der Waals surface area (Å²) in [6.45, 7) is 4.21. The molecule has 6 nitrogen and oxygen atoms in total. The number of sulfone groups is 1. The van der Waals surface area contributed by atoms with Gasteiger partial charge in [0.2, 0.25) is 0 Å². The molecule has 1 unspecified atom stereocenters. The van der Waals surface area contributed by atoms with E-state index in [9.17, 15) is 13.2 Å². The third-order valence-electron chi connectivity index (χ3n) is 3.01. The van der Waals surface area contributed by atoms with Crippen LogP contribution in [0.3, 0.4) is 0 Å². The van der Waals surface area contributed by atoms with Crippen molar-refractivity contribution in [1.29, 1.82) is 0 Å². The lowest BCUT2D eigenvalue weighted by atomic mass is 10.2. The molecule has 0 spiro atoms.